The molecule has 3 aromatic rings. The summed E-state index contributed by atoms with van der Waals surface area (Å²) in [6.07, 6.45) is 3.49. The van der Waals surface area contributed by atoms with Crippen LogP contribution < -0.4 is 5.73 Å². The second kappa shape index (κ2) is 5.58. The number of tetrazole rings is 1. The van der Waals surface area contributed by atoms with Crippen molar-refractivity contribution in [3.8, 4) is 11.4 Å². The third-order valence-corrected chi connectivity index (χ3v) is 3.03. The van der Waals surface area contributed by atoms with E-state index in [9.17, 15) is 0 Å². The summed E-state index contributed by atoms with van der Waals surface area (Å²) in [6, 6.07) is 13.4. The number of hydrogen-bond donors (Lipinski definition) is 1. The maximum atomic E-state index is 5.83. The molecule has 2 heterocycles. The molecular formula is C14H14N6. The molecule has 20 heavy (non-hydrogen) atoms. The largest absolute Gasteiger partial charge is 0.328 e. The van der Waals surface area contributed by atoms with Crippen LogP contribution in [0.5, 0.6) is 0 Å². The Bertz CT molecular complexity index is 664. The van der Waals surface area contributed by atoms with Crippen molar-refractivity contribution in [2.24, 2.45) is 5.73 Å². The Hall–Kier alpha value is -2.60. The maximum absolute atomic E-state index is 5.83. The average Bonchev–Trinajstić information content (AvgIpc) is 3.00. The first-order chi connectivity index (χ1) is 9.88. The minimum atomic E-state index is -0.159. The summed E-state index contributed by atoms with van der Waals surface area (Å²) in [7, 11) is 0. The van der Waals surface area contributed by atoms with E-state index in [4.69, 9.17) is 5.73 Å². The van der Waals surface area contributed by atoms with Crippen molar-refractivity contribution in [2.75, 3.05) is 6.54 Å². The standard InChI is InChI=1S/C14H14N6/c15-9-13(12-7-4-8-16-10-12)20-18-14(17-19-20)11-5-2-1-3-6-11/h1-8,10,13H,9,15H2. The van der Waals surface area contributed by atoms with E-state index in [1.54, 1.807) is 17.2 Å². The lowest BCUT2D eigenvalue weighted by Crippen LogP contribution is -2.22. The number of rotatable bonds is 4. The molecule has 0 amide bonds. The van der Waals surface area contributed by atoms with Gasteiger partial charge >= 0.3 is 0 Å². The van der Waals surface area contributed by atoms with Gasteiger partial charge in [-0.1, -0.05) is 36.4 Å². The van der Waals surface area contributed by atoms with E-state index in [-0.39, 0.29) is 6.04 Å². The second-order valence-electron chi connectivity index (χ2n) is 4.34. The molecule has 1 unspecified atom stereocenters. The number of nitrogens with zero attached hydrogens (tertiary/aromatic N) is 5. The molecule has 3 rings (SSSR count). The molecule has 100 valence electrons. The molecule has 1 aromatic carbocycles. The van der Waals surface area contributed by atoms with E-state index in [2.05, 4.69) is 20.4 Å². The number of pyridine rings is 1. The third kappa shape index (κ3) is 2.41. The second-order valence-corrected chi connectivity index (χ2v) is 4.34. The molecule has 0 aliphatic rings. The van der Waals surface area contributed by atoms with Crippen LogP contribution in [0.4, 0.5) is 0 Å². The van der Waals surface area contributed by atoms with Crippen LogP contribution >= 0.6 is 0 Å². The molecule has 2 aromatic heterocycles. The Morgan fingerprint density at radius 2 is 1.95 bits per heavy atom. The third-order valence-electron chi connectivity index (χ3n) is 3.03. The number of hydrogen-bond acceptors (Lipinski definition) is 5. The molecule has 0 radical (unpaired) electrons. The van der Waals surface area contributed by atoms with Gasteiger partial charge in [-0.3, -0.25) is 4.98 Å². The van der Waals surface area contributed by atoms with Gasteiger partial charge in [0.15, 0.2) is 0 Å². The van der Waals surface area contributed by atoms with Crippen LogP contribution in [0, 0.1) is 0 Å². The molecule has 0 aliphatic heterocycles. The Balaban J connectivity index is 1.93. The summed E-state index contributed by atoms with van der Waals surface area (Å²) in [6.45, 7) is 0.385. The lowest BCUT2D eigenvalue weighted by molar-refractivity contribution is 0.457. The van der Waals surface area contributed by atoms with Gasteiger partial charge in [-0.15, -0.1) is 10.2 Å². The van der Waals surface area contributed by atoms with Gasteiger partial charge in [0.05, 0.1) is 0 Å². The highest BCUT2D eigenvalue weighted by atomic mass is 15.6. The van der Waals surface area contributed by atoms with Gasteiger partial charge < -0.3 is 5.73 Å². The van der Waals surface area contributed by atoms with Gasteiger partial charge in [-0.2, -0.15) is 4.80 Å². The molecule has 0 fully saturated rings. The van der Waals surface area contributed by atoms with Crippen LogP contribution in [0.25, 0.3) is 11.4 Å². The number of nitrogens with two attached hydrogens (primary N) is 1. The molecule has 6 nitrogen and oxygen atoms in total. The Kier molecular flexibility index (Phi) is 3.47. The molecule has 0 spiro atoms. The summed E-state index contributed by atoms with van der Waals surface area (Å²) in [5, 5.41) is 12.6. The summed E-state index contributed by atoms with van der Waals surface area (Å²) in [5.41, 5.74) is 7.72. The highest BCUT2D eigenvalue weighted by Crippen LogP contribution is 2.17. The summed E-state index contributed by atoms with van der Waals surface area (Å²) in [5.74, 6) is 0.591. The first kappa shape index (κ1) is 12.4. The molecule has 6 heteroatoms. The fourth-order valence-electron chi connectivity index (χ4n) is 2.00. The summed E-state index contributed by atoms with van der Waals surface area (Å²) < 4.78 is 0. The molecule has 0 bridgehead atoms. The Morgan fingerprint density at radius 1 is 1.10 bits per heavy atom. The van der Waals surface area contributed by atoms with Crippen molar-refractivity contribution in [1.29, 1.82) is 0 Å². The van der Waals surface area contributed by atoms with Gasteiger partial charge in [-0.25, -0.2) is 0 Å². The molecule has 1 atom stereocenters. The fraction of sp³-hybridized carbons (Fsp3) is 0.143. The zero-order valence-corrected chi connectivity index (χ0v) is 10.8. The van der Waals surface area contributed by atoms with Crippen LogP contribution in [0.3, 0.4) is 0 Å². The SMILES string of the molecule is NCC(c1cccnc1)n1nnc(-c2ccccc2)n1. The topological polar surface area (TPSA) is 82.5 Å². The van der Waals surface area contributed by atoms with Gasteiger partial charge in [0.2, 0.25) is 5.82 Å². The molecule has 0 saturated heterocycles. The Labute approximate surface area is 116 Å². The monoisotopic (exact) mass is 266 g/mol. The molecule has 0 aliphatic carbocycles. The van der Waals surface area contributed by atoms with Crippen LogP contribution in [0.1, 0.15) is 11.6 Å². The van der Waals surface area contributed by atoms with Crippen molar-refractivity contribution < 1.29 is 0 Å². The first-order valence-electron chi connectivity index (χ1n) is 6.33. The van der Waals surface area contributed by atoms with E-state index in [1.807, 2.05) is 42.5 Å². The van der Waals surface area contributed by atoms with Crippen LogP contribution in [0.2, 0.25) is 0 Å². The quantitative estimate of drug-likeness (QED) is 0.769. The number of aromatic nitrogens is 5. The van der Waals surface area contributed by atoms with Gasteiger partial charge in [0.1, 0.15) is 6.04 Å². The van der Waals surface area contributed by atoms with E-state index < -0.39 is 0 Å². The van der Waals surface area contributed by atoms with Crippen LogP contribution in [0.15, 0.2) is 54.9 Å². The van der Waals surface area contributed by atoms with Crippen LogP contribution in [-0.4, -0.2) is 31.7 Å². The van der Waals surface area contributed by atoms with E-state index in [0.717, 1.165) is 11.1 Å². The average molecular weight is 266 g/mol. The summed E-state index contributed by atoms with van der Waals surface area (Å²) in [4.78, 5) is 5.64. The van der Waals surface area contributed by atoms with Gasteiger partial charge in [0.25, 0.3) is 0 Å². The zero-order chi connectivity index (χ0) is 13.8. The van der Waals surface area contributed by atoms with Crippen molar-refractivity contribution in [2.45, 2.75) is 6.04 Å². The smallest absolute Gasteiger partial charge is 0.204 e. The fourth-order valence-corrected chi connectivity index (χ4v) is 2.00. The van der Waals surface area contributed by atoms with Crippen molar-refractivity contribution >= 4 is 0 Å². The molecule has 2 N–H and O–H groups in total. The van der Waals surface area contributed by atoms with Crippen molar-refractivity contribution in [1.82, 2.24) is 25.2 Å². The van der Waals surface area contributed by atoms with Crippen LogP contribution in [-0.2, 0) is 0 Å². The van der Waals surface area contributed by atoms with Crippen molar-refractivity contribution in [3.63, 3.8) is 0 Å². The number of benzene rings is 1. The maximum Gasteiger partial charge on any atom is 0.204 e. The Morgan fingerprint density at radius 3 is 2.65 bits per heavy atom. The minimum absolute atomic E-state index is 0.159. The summed E-state index contributed by atoms with van der Waals surface area (Å²) >= 11 is 0. The van der Waals surface area contributed by atoms with Gasteiger partial charge in [0, 0.05) is 24.5 Å². The van der Waals surface area contributed by atoms with E-state index in [1.165, 1.54) is 0 Å². The molecule has 0 saturated carbocycles. The predicted molar refractivity (Wildman–Crippen MR) is 74.7 cm³/mol. The van der Waals surface area contributed by atoms with E-state index in [0.29, 0.717) is 12.4 Å². The molecular weight excluding hydrogens is 252 g/mol. The van der Waals surface area contributed by atoms with Crippen molar-refractivity contribution in [3.05, 3.63) is 60.4 Å². The minimum Gasteiger partial charge on any atom is -0.328 e. The van der Waals surface area contributed by atoms with E-state index >= 15 is 0 Å². The highest BCUT2D eigenvalue weighted by molar-refractivity contribution is 5.53. The lowest BCUT2D eigenvalue weighted by atomic mass is 10.1. The highest BCUT2D eigenvalue weighted by Gasteiger charge is 2.16. The first-order valence-corrected chi connectivity index (χ1v) is 6.33. The zero-order valence-electron chi connectivity index (χ0n) is 10.8. The lowest BCUT2D eigenvalue weighted by Gasteiger charge is -2.12. The normalized spacial score (nSPS) is 12.2. The van der Waals surface area contributed by atoms with Gasteiger partial charge in [-0.05, 0) is 16.8 Å². The predicted octanol–water partition coefficient (Wildman–Crippen LogP) is 1.28.